The van der Waals surface area contributed by atoms with Crippen LogP contribution in [0.3, 0.4) is 0 Å². The van der Waals surface area contributed by atoms with Crippen LogP contribution >= 0.6 is 0 Å². The van der Waals surface area contributed by atoms with Crippen molar-refractivity contribution in [1.82, 2.24) is 0 Å². The SMILES string of the molecule is CCC(N)C(Oc1cc(F)ccc1C)c1ccco1. The van der Waals surface area contributed by atoms with Gasteiger partial charge in [0.2, 0.25) is 0 Å². The first-order chi connectivity index (χ1) is 9.11. The summed E-state index contributed by atoms with van der Waals surface area (Å²) in [6, 6.07) is 7.84. The van der Waals surface area contributed by atoms with Crippen LogP contribution in [-0.4, -0.2) is 6.04 Å². The Morgan fingerprint density at radius 2 is 2.16 bits per heavy atom. The van der Waals surface area contributed by atoms with Gasteiger partial charge in [-0.2, -0.15) is 0 Å². The Balaban J connectivity index is 2.28. The minimum Gasteiger partial charge on any atom is -0.480 e. The molecule has 2 aromatic rings. The van der Waals surface area contributed by atoms with E-state index in [0.717, 1.165) is 12.0 Å². The van der Waals surface area contributed by atoms with Gasteiger partial charge in [-0.05, 0) is 37.1 Å². The monoisotopic (exact) mass is 263 g/mol. The zero-order valence-corrected chi connectivity index (χ0v) is 11.1. The van der Waals surface area contributed by atoms with Crippen molar-refractivity contribution < 1.29 is 13.5 Å². The molecule has 1 aromatic heterocycles. The number of aryl methyl sites for hydroxylation is 1. The largest absolute Gasteiger partial charge is 0.480 e. The smallest absolute Gasteiger partial charge is 0.171 e. The number of benzene rings is 1. The number of halogens is 1. The molecule has 0 aliphatic rings. The molecule has 19 heavy (non-hydrogen) atoms. The molecule has 3 nitrogen and oxygen atoms in total. The van der Waals surface area contributed by atoms with Crippen molar-refractivity contribution in [3.05, 3.63) is 53.7 Å². The summed E-state index contributed by atoms with van der Waals surface area (Å²) in [6.45, 7) is 3.84. The van der Waals surface area contributed by atoms with Gasteiger partial charge in [0.05, 0.1) is 6.26 Å². The Morgan fingerprint density at radius 3 is 2.79 bits per heavy atom. The maximum atomic E-state index is 13.3. The fourth-order valence-corrected chi connectivity index (χ4v) is 1.86. The molecule has 2 N–H and O–H groups in total. The maximum absolute atomic E-state index is 13.3. The van der Waals surface area contributed by atoms with Crippen LogP contribution in [0.5, 0.6) is 5.75 Å². The van der Waals surface area contributed by atoms with Crippen molar-refractivity contribution in [2.45, 2.75) is 32.4 Å². The summed E-state index contributed by atoms with van der Waals surface area (Å²) in [6.07, 6.45) is 1.90. The van der Waals surface area contributed by atoms with E-state index in [1.807, 2.05) is 19.9 Å². The average molecular weight is 263 g/mol. The Labute approximate surface area is 112 Å². The van der Waals surface area contributed by atoms with Crippen LogP contribution in [-0.2, 0) is 0 Å². The van der Waals surface area contributed by atoms with E-state index in [-0.39, 0.29) is 11.9 Å². The van der Waals surface area contributed by atoms with Crippen LogP contribution < -0.4 is 10.5 Å². The summed E-state index contributed by atoms with van der Waals surface area (Å²) in [5, 5.41) is 0. The molecule has 4 heteroatoms. The minimum absolute atomic E-state index is 0.214. The van der Waals surface area contributed by atoms with Gasteiger partial charge in [0.1, 0.15) is 17.3 Å². The lowest BCUT2D eigenvalue weighted by Crippen LogP contribution is -2.31. The molecule has 2 unspecified atom stereocenters. The number of hydrogen-bond acceptors (Lipinski definition) is 3. The average Bonchev–Trinajstić information content (AvgIpc) is 2.92. The highest BCUT2D eigenvalue weighted by atomic mass is 19.1. The molecule has 2 atom stereocenters. The highest BCUT2D eigenvalue weighted by Crippen LogP contribution is 2.28. The quantitative estimate of drug-likeness (QED) is 0.896. The van der Waals surface area contributed by atoms with E-state index in [9.17, 15) is 4.39 Å². The molecule has 1 aromatic carbocycles. The maximum Gasteiger partial charge on any atom is 0.171 e. The number of ether oxygens (including phenoxy) is 1. The van der Waals surface area contributed by atoms with E-state index in [1.165, 1.54) is 12.1 Å². The predicted octanol–water partition coefficient (Wildman–Crippen LogP) is 3.58. The van der Waals surface area contributed by atoms with Gasteiger partial charge in [-0.3, -0.25) is 0 Å². The van der Waals surface area contributed by atoms with Crippen molar-refractivity contribution in [2.75, 3.05) is 0 Å². The Kier molecular flexibility index (Phi) is 4.22. The number of nitrogens with two attached hydrogens (primary N) is 1. The molecular formula is C15H18FNO2. The second-order valence-corrected chi connectivity index (χ2v) is 4.54. The molecule has 0 saturated carbocycles. The lowest BCUT2D eigenvalue weighted by Gasteiger charge is -2.23. The topological polar surface area (TPSA) is 48.4 Å². The van der Waals surface area contributed by atoms with Crippen molar-refractivity contribution >= 4 is 0 Å². The van der Waals surface area contributed by atoms with Crippen molar-refractivity contribution in [3.63, 3.8) is 0 Å². The first kappa shape index (κ1) is 13.6. The molecule has 0 spiro atoms. The van der Waals surface area contributed by atoms with Crippen molar-refractivity contribution in [3.8, 4) is 5.75 Å². The fraction of sp³-hybridized carbons (Fsp3) is 0.333. The molecule has 0 amide bonds. The first-order valence-electron chi connectivity index (χ1n) is 6.33. The second kappa shape index (κ2) is 5.89. The summed E-state index contributed by atoms with van der Waals surface area (Å²) in [7, 11) is 0. The van der Waals surface area contributed by atoms with Crippen molar-refractivity contribution in [1.29, 1.82) is 0 Å². The van der Waals surface area contributed by atoms with E-state index in [4.69, 9.17) is 14.9 Å². The molecule has 102 valence electrons. The molecule has 0 aliphatic carbocycles. The second-order valence-electron chi connectivity index (χ2n) is 4.54. The summed E-state index contributed by atoms with van der Waals surface area (Å²) in [4.78, 5) is 0. The molecule has 2 rings (SSSR count). The minimum atomic E-state index is -0.416. The zero-order chi connectivity index (χ0) is 13.8. The van der Waals surface area contributed by atoms with E-state index in [1.54, 1.807) is 18.4 Å². The highest BCUT2D eigenvalue weighted by Gasteiger charge is 2.23. The standard InChI is InChI=1S/C15H18FNO2/c1-3-12(17)15(13-5-4-8-18-13)19-14-9-11(16)7-6-10(14)2/h4-9,12,15H,3,17H2,1-2H3. The molecule has 0 aliphatic heterocycles. The van der Waals surface area contributed by atoms with Crippen LogP contribution in [0.1, 0.15) is 30.8 Å². The van der Waals surface area contributed by atoms with Gasteiger partial charge in [0, 0.05) is 12.1 Å². The first-order valence-corrected chi connectivity index (χ1v) is 6.33. The van der Waals surface area contributed by atoms with Crippen LogP contribution in [0.25, 0.3) is 0 Å². The summed E-state index contributed by atoms with van der Waals surface area (Å²) >= 11 is 0. The van der Waals surface area contributed by atoms with Gasteiger partial charge >= 0.3 is 0 Å². The van der Waals surface area contributed by atoms with Gasteiger partial charge in [0.15, 0.2) is 6.10 Å². The summed E-state index contributed by atoms with van der Waals surface area (Å²) in [5.74, 6) is 0.812. The van der Waals surface area contributed by atoms with Gasteiger partial charge in [-0.15, -0.1) is 0 Å². The third kappa shape index (κ3) is 3.15. The van der Waals surface area contributed by atoms with Crippen LogP contribution in [0.2, 0.25) is 0 Å². The van der Waals surface area contributed by atoms with Crippen molar-refractivity contribution in [2.24, 2.45) is 5.73 Å². The highest BCUT2D eigenvalue weighted by molar-refractivity contribution is 5.33. The summed E-state index contributed by atoms with van der Waals surface area (Å²) < 4.78 is 24.5. The third-order valence-corrected chi connectivity index (χ3v) is 3.09. The Morgan fingerprint density at radius 1 is 1.37 bits per heavy atom. The van der Waals surface area contributed by atoms with Crippen LogP contribution in [0.15, 0.2) is 41.0 Å². The normalized spacial score (nSPS) is 14.1. The molecule has 0 radical (unpaired) electrons. The van der Waals surface area contributed by atoms with E-state index >= 15 is 0 Å². The fourth-order valence-electron chi connectivity index (χ4n) is 1.86. The number of furan rings is 1. The number of rotatable bonds is 5. The van der Waals surface area contributed by atoms with Crippen LogP contribution in [0, 0.1) is 12.7 Å². The van der Waals surface area contributed by atoms with Gasteiger partial charge in [-0.1, -0.05) is 13.0 Å². The van der Waals surface area contributed by atoms with E-state index < -0.39 is 6.10 Å². The lowest BCUT2D eigenvalue weighted by molar-refractivity contribution is 0.143. The van der Waals surface area contributed by atoms with Gasteiger partial charge < -0.3 is 14.9 Å². The Bertz CT molecular complexity index is 525. The Hall–Kier alpha value is -1.81. The summed E-state index contributed by atoms with van der Waals surface area (Å²) in [5.41, 5.74) is 6.93. The molecule has 0 saturated heterocycles. The third-order valence-electron chi connectivity index (χ3n) is 3.09. The number of hydrogen-bond donors (Lipinski definition) is 1. The molecular weight excluding hydrogens is 245 g/mol. The molecule has 1 heterocycles. The molecule has 0 fully saturated rings. The predicted molar refractivity (Wildman–Crippen MR) is 71.5 cm³/mol. The van der Waals surface area contributed by atoms with Crippen LogP contribution in [0.4, 0.5) is 4.39 Å². The lowest BCUT2D eigenvalue weighted by atomic mass is 10.1. The van der Waals surface area contributed by atoms with Gasteiger partial charge in [-0.25, -0.2) is 4.39 Å². The molecule has 0 bridgehead atoms. The van der Waals surface area contributed by atoms with E-state index in [0.29, 0.717) is 11.5 Å². The van der Waals surface area contributed by atoms with E-state index in [2.05, 4.69) is 0 Å². The zero-order valence-electron chi connectivity index (χ0n) is 11.1. The van der Waals surface area contributed by atoms with Gasteiger partial charge in [0.25, 0.3) is 0 Å².